The van der Waals surface area contributed by atoms with Crippen molar-refractivity contribution >= 4 is 22.8 Å². The van der Waals surface area contributed by atoms with Gasteiger partial charge in [0.15, 0.2) is 0 Å². The van der Waals surface area contributed by atoms with Gasteiger partial charge in [0, 0.05) is 18.9 Å². The van der Waals surface area contributed by atoms with Gasteiger partial charge >= 0.3 is 0 Å². The normalized spacial score (nSPS) is 14.3. The number of nitrogens with two attached hydrogens (primary N) is 1. The number of benzene rings is 1. The van der Waals surface area contributed by atoms with Crippen LogP contribution in [0.15, 0.2) is 24.3 Å². The summed E-state index contributed by atoms with van der Waals surface area (Å²) in [4.78, 5) is 27.4. The molecular formula is C15H18N4O2. The van der Waals surface area contributed by atoms with Crippen LogP contribution in [0.4, 0.5) is 0 Å². The van der Waals surface area contributed by atoms with Gasteiger partial charge in [0.2, 0.25) is 11.8 Å². The molecular weight excluding hydrogens is 268 g/mol. The molecule has 3 rings (SSSR count). The topological polar surface area (TPSA) is 90.0 Å². The van der Waals surface area contributed by atoms with Gasteiger partial charge in [-0.1, -0.05) is 12.1 Å². The Balaban J connectivity index is 1.76. The van der Waals surface area contributed by atoms with Gasteiger partial charge in [-0.3, -0.25) is 9.59 Å². The minimum Gasteiger partial charge on any atom is -0.368 e. The number of nitrogens with one attached hydrogen (secondary N) is 1. The van der Waals surface area contributed by atoms with Gasteiger partial charge in [0.25, 0.3) is 0 Å². The maximum atomic E-state index is 11.6. The number of carbonyl (C=O) groups is 2. The van der Waals surface area contributed by atoms with Crippen molar-refractivity contribution in [3.8, 4) is 0 Å². The number of hydrogen-bond donors (Lipinski definition) is 2. The van der Waals surface area contributed by atoms with E-state index in [-0.39, 0.29) is 18.4 Å². The first-order valence-electron chi connectivity index (χ1n) is 7.15. The molecule has 0 radical (unpaired) electrons. The van der Waals surface area contributed by atoms with Crippen LogP contribution < -0.4 is 11.1 Å². The smallest absolute Gasteiger partial charge is 0.237 e. The van der Waals surface area contributed by atoms with E-state index in [9.17, 15) is 9.59 Å². The third-order valence-corrected chi connectivity index (χ3v) is 3.64. The number of primary amides is 1. The molecule has 1 aromatic carbocycles. The highest BCUT2D eigenvalue weighted by atomic mass is 16.2. The van der Waals surface area contributed by atoms with E-state index in [4.69, 9.17) is 5.73 Å². The predicted molar refractivity (Wildman–Crippen MR) is 78.4 cm³/mol. The van der Waals surface area contributed by atoms with E-state index in [0.717, 1.165) is 29.7 Å². The molecule has 0 bridgehead atoms. The molecule has 0 atom stereocenters. The van der Waals surface area contributed by atoms with Crippen molar-refractivity contribution < 1.29 is 9.59 Å². The van der Waals surface area contributed by atoms with Crippen molar-refractivity contribution in [1.29, 1.82) is 0 Å². The van der Waals surface area contributed by atoms with Gasteiger partial charge in [-0.15, -0.1) is 0 Å². The first-order chi connectivity index (χ1) is 10.1. The first-order valence-corrected chi connectivity index (χ1v) is 7.15. The van der Waals surface area contributed by atoms with Gasteiger partial charge in [-0.25, -0.2) is 4.98 Å². The summed E-state index contributed by atoms with van der Waals surface area (Å²) in [7, 11) is 0. The number of aromatic nitrogens is 2. The molecule has 0 saturated heterocycles. The number of rotatable bonds is 6. The molecule has 3 N–H and O–H groups in total. The fraction of sp³-hybridized carbons (Fsp3) is 0.400. The Bertz CT molecular complexity index is 688. The third-order valence-electron chi connectivity index (χ3n) is 3.64. The molecule has 21 heavy (non-hydrogen) atoms. The fourth-order valence-electron chi connectivity index (χ4n) is 2.44. The second-order valence-corrected chi connectivity index (χ2v) is 5.38. The van der Waals surface area contributed by atoms with Crippen LogP contribution in [0.1, 0.15) is 18.7 Å². The monoisotopic (exact) mass is 286 g/mol. The average molecular weight is 286 g/mol. The van der Waals surface area contributed by atoms with Crippen LogP contribution in [0.2, 0.25) is 0 Å². The summed E-state index contributed by atoms with van der Waals surface area (Å²) in [5, 5.41) is 2.91. The molecule has 1 aliphatic rings. The zero-order chi connectivity index (χ0) is 14.8. The van der Waals surface area contributed by atoms with Crippen LogP contribution in [0, 0.1) is 5.92 Å². The van der Waals surface area contributed by atoms with E-state index in [2.05, 4.69) is 10.3 Å². The van der Waals surface area contributed by atoms with E-state index >= 15 is 0 Å². The molecule has 1 saturated carbocycles. The molecule has 1 fully saturated rings. The van der Waals surface area contributed by atoms with Crippen molar-refractivity contribution in [2.75, 3.05) is 6.54 Å². The largest absolute Gasteiger partial charge is 0.368 e. The second-order valence-electron chi connectivity index (χ2n) is 5.38. The average Bonchev–Trinajstić information content (AvgIpc) is 3.24. The number of amides is 2. The Kier molecular flexibility index (Phi) is 3.60. The predicted octanol–water partition coefficient (Wildman–Crippen LogP) is 0.590. The van der Waals surface area contributed by atoms with E-state index in [1.807, 2.05) is 28.8 Å². The summed E-state index contributed by atoms with van der Waals surface area (Å²) in [6.07, 6.45) is 2.57. The van der Waals surface area contributed by atoms with Gasteiger partial charge in [0.1, 0.15) is 12.4 Å². The van der Waals surface area contributed by atoms with Crippen molar-refractivity contribution in [1.82, 2.24) is 14.9 Å². The third kappa shape index (κ3) is 3.04. The molecule has 6 heteroatoms. The van der Waals surface area contributed by atoms with Crippen LogP contribution in [0.3, 0.4) is 0 Å². The summed E-state index contributed by atoms with van der Waals surface area (Å²) in [5.74, 6) is 0.689. The van der Waals surface area contributed by atoms with E-state index in [1.54, 1.807) is 0 Å². The van der Waals surface area contributed by atoms with Gasteiger partial charge in [-0.2, -0.15) is 0 Å². The summed E-state index contributed by atoms with van der Waals surface area (Å²) in [6.45, 7) is 0.629. The lowest BCUT2D eigenvalue weighted by atomic mass is 10.3. The summed E-state index contributed by atoms with van der Waals surface area (Å²) in [6, 6.07) is 7.62. The molecule has 1 aliphatic carbocycles. The summed E-state index contributed by atoms with van der Waals surface area (Å²) in [5.41, 5.74) is 7.04. The minimum absolute atomic E-state index is 0.104. The Labute approximate surface area is 122 Å². The lowest BCUT2D eigenvalue weighted by Gasteiger charge is -2.07. The highest BCUT2D eigenvalue weighted by molar-refractivity contribution is 5.81. The summed E-state index contributed by atoms with van der Waals surface area (Å²) >= 11 is 0. The number of nitrogens with zero attached hydrogens (tertiary/aromatic N) is 2. The highest BCUT2D eigenvalue weighted by Gasteiger charge is 2.29. The van der Waals surface area contributed by atoms with E-state index in [0.29, 0.717) is 13.0 Å². The lowest BCUT2D eigenvalue weighted by Crippen LogP contribution is -2.28. The molecule has 0 spiro atoms. The minimum atomic E-state index is -0.401. The van der Waals surface area contributed by atoms with Crippen molar-refractivity contribution in [2.45, 2.75) is 25.8 Å². The first kappa shape index (κ1) is 13.6. The van der Waals surface area contributed by atoms with E-state index in [1.165, 1.54) is 0 Å². The van der Waals surface area contributed by atoms with Gasteiger partial charge < -0.3 is 15.6 Å². The molecule has 2 amide bonds. The molecule has 2 aromatic rings. The van der Waals surface area contributed by atoms with Crippen LogP contribution in [0.5, 0.6) is 0 Å². The van der Waals surface area contributed by atoms with Crippen LogP contribution in [-0.2, 0) is 22.6 Å². The molecule has 6 nitrogen and oxygen atoms in total. The number of carbonyl (C=O) groups excluding carboxylic acids is 2. The lowest BCUT2D eigenvalue weighted by molar-refractivity contribution is -0.122. The highest BCUT2D eigenvalue weighted by Crippen LogP contribution is 2.28. The van der Waals surface area contributed by atoms with Gasteiger partial charge in [-0.05, 0) is 25.0 Å². The van der Waals surface area contributed by atoms with Crippen LogP contribution >= 0.6 is 0 Å². The van der Waals surface area contributed by atoms with Crippen LogP contribution in [-0.4, -0.2) is 27.9 Å². The van der Waals surface area contributed by atoms with Crippen LogP contribution in [0.25, 0.3) is 11.0 Å². The molecule has 0 aliphatic heterocycles. The number of hydrogen-bond acceptors (Lipinski definition) is 3. The Morgan fingerprint density at radius 3 is 2.81 bits per heavy atom. The van der Waals surface area contributed by atoms with Crippen molar-refractivity contribution in [2.24, 2.45) is 11.7 Å². The Morgan fingerprint density at radius 2 is 2.10 bits per heavy atom. The molecule has 1 aromatic heterocycles. The maximum Gasteiger partial charge on any atom is 0.237 e. The second kappa shape index (κ2) is 5.55. The molecule has 110 valence electrons. The Morgan fingerprint density at radius 1 is 1.33 bits per heavy atom. The number of para-hydroxylation sites is 2. The quantitative estimate of drug-likeness (QED) is 0.814. The fourth-order valence-corrected chi connectivity index (χ4v) is 2.44. The van der Waals surface area contributed by atoms with E-state index < -0.39 is 5.91 Å². The van der Waals surface area contributed by atoms with Gasteiger partial charge in [0.05, 0.1) is 11.0 Å². The maximum absolute atomic E-state index is 11.6. The zero-order valence-electron chi connectivity index (χ0n) is 11.7. The summed E-state index contributed by atoms with van der Waals surface area (Å²) < 4.78 is 1.82. The Hall–Kier alpha value is -2.37. The van der Waals surface area contributed by atoms with Crippen molar-refractivity contribution in [3.63, 3.8) is 0 Å². The van der Waals surface area contributed by atoms with Crippen molar-refractivity contribution in [3.05, 3.63) is 30.1 Å². The number of fused-ring (bicyclic) bond motifs is 1. The standard InChI is InChI=1S/C15H18N4O2/c16-13(20)9-19-12-4-2-1-3-11(12)18-14(19)7-8-17-15(21)10-5-6-10/h1-4,10H,5-9H2,(H2,16,20)(H,17,21). The molecule has 0 unspecified atom stereocenters. The SMILES string of the molecule is NC(=O)Cn1c(CCNC(=O)C2CC2)nc2ccccc21. The number of imidazole rings is 1. The molecule has 1 heterocycles. The zero-order valence-corrected chi connectivity index (χ0v) is 11.7.